The van der Waals surface area contributed by atoms with Gasteiger partial charge in [0.15, 0.2) is 0 Å². The minimum absolute atomic E-state index is 0.00136. The maximum absolute atomic E-state index is 12.2. The molecule has 0 amide bonds. The molecule has 1 aliphatic rings. The molecule has 1 N–H and O–H groups in total. The highest BCUT2D eigenvalue weighted by atomic mass is 16.6. The van der Waals surface area contributed by atoms with Crippen molar-refractivity contribution >= 4 is 19.6 Å². The van der Waals surface area contributed by atoms with Crippen molar-refractivity contribution in [2.24, 2.45) is 0 Å². The third kappa shape index (κ3) is 6.30. The van der Waals surface area contributed by atoms with Crippen LogP contribution in [-0.4, -0.2) is 51.5 Å². The number of nitrogens with one attached hydrogen (secondary N) is 1. The Hall–Kier alpha value is -3.42. The number of esters is 1. The van der Waals surface area contributed by atoms with Gasteiger partial charge in [0.05, 0.1) is 19.1 Å². The lowest BCUT2D eigenvalue weighted by atomic mass is 9.76. The molecule has 3 aromatic carbocycles. The van der Waals surface area contributed by atoms with E-state index < -0.39 is 5.54 Å². The second kappa shape index (κ2) is 12.2. The van der Waals surface area contributed by atoms with Crippen molar-refractivity contribution in [3.63, 3.8) is 0 Å². The fourth-order valence-electron chi connectivity index (χ4n) is 5.04. The second-order valence-corrected chi connectivity index (χ2v) is 9.57. The first-order chi connectivity index (χ1) is 17.9. The van der Waals surface area contributed by atoms with Crippen LogP contribution in [-0.2, 0) is 24.6 Å². The van der Waals surface area contributed by atoms with E-state index in [1.807, 2.05) is 56.4 Å². The molecule has 0 radical (unpaired) electrons. The minimum Gasteiger partial charge on any atom is -0.497 e. The van der Waals surface area contributed by atoms with Gasteiger partial charge in [0.2, 0.25) is 0 Å². The summed E-state index contributed by atoms with van der Waals surface area (Å²) in [6.45, 7) is 1.60. The van der Waals surface area contributed by atoms with Crippen molar-refractivity contribution in [1.82, 2.24) is 5.32 Å². The molecule has 0 unspecified atom stereocenters. The van der Waals surface area contributed by atoms with E-state index in [4.69, 9.17) is 14.2 Å². The first kappa shape index (κ1) is 26.6. The van der Waals surface area contributed by atoms with Crippen LogP contribution in [0.5, 0.6) is 5.75 Å². The van der Waals surface area contributed by atoms with Gasteiger partial charge in [-0.05, 0) is 42.2 Å². The van der Waals surface area contributed by atoms with Crippen LogP contribution in [0.15, 0.2) is 84.9 Å². The van der Waals surface area contributed by atoms with E-state index in [-0.39, 0.29) is 49.4 Å². The Labute approximate surface area is 219 Å². The quantitative estimate of drug-likeness (QED) is 0.247. The Morgan fingerprint density at radius 2 is 1.49 bits per heavy atom. The van der Waals surface area contributed by atoms with Gasteiger partial charge in [-0.25, -0.2) is 0 Å². The molecule has 7 heteroatoms. The molecule has 37 heavy (non-hydrogen) atoms. The highest BCUT2D eigenvalue weighted by Gasteiger charge is 2.43. The Bertz CT molecular complexity index is 1130. The average molecular weight is 499 g/mol. The number of methoxy groups -OCH3 is 1. The Balaban J connectivity index is 1.72. The first-order valence-corrected chi connectivity index (χ1v) is 12.8. The molecule has 1 heterocycles. The summed E-state index contributed by atoms with van der Waals surface area (Å²) in [6, 6.07) is 28.7. The van der Waals surface area contributed by atoms with Gasteiger partial charge in [0.1, 0.15) is 32.1 Å². The van der Waals surface area contributed by atoms with Crippen LogP contribution in [0, 0.1) is 0 Å². The van der Waals surface area contributed by atoms with Gasteiger partial charge >= 0.3 is 5.97 Å². The van der Waals surface area contributed by atoms with E-state index >= 15 is 0 Å². The molecule has 192 valence electrons. The van der Waals surface area contributed by atoms with Gasteiger partial charge in [-0.3, -0.25) is 10.1 Å². The van der Waals surface area contributed by atoms with E-state index in [1.165, 1.54) is 6.92 Å². The largest absolute Gasteiger partial charge is 0.497 e. The molecule has 4 rings (SSSR count). The molecule has 0 aliphatic carbocycles. The zero-order chi connectivity index (χ0) is 26.3. The number of ketones is 1. The molecule has 0 saturated carbocycles. The molecule has 0 aromatic heterocycles. The van der Waals surface area contributed by atoms with E-state index in [2.05, 4.69) is 41.7 Å². The number of Topliss-reactive ketones (excluding diaryl/α,β-unsaturated/α-hetero) is 1. The number of rotatable bonds is 11. The molecule has 0 bridgehead atoms. The SMILES string of the molecule is B[C@H]1C[C@H](NC(c2ccccc2)(c2ccccc2)c2ccc(OC)cc2)[C@@H](COC(=O)CCC(C)=O)O1. The predicted molar refractivity (Wildman–Crippen MR) is 145 cm³/mol. The number of hydrogen-bond donors (Lipinski definition) is 1. The monoisotopic (exact) mass is 499 g/mol. The maximum Gasteiger partial charge on any atom is 0.306 e. The topological polar surface area (TPSA) is 73.9 Å². The van der Waals surface area contributed by atoms with Crippen molar-refractivity contribution in [3.05, 3.63) is 102 Å². The lowest BCUT2D eigenvalue weighted by molar-refractivity contribution is -0.148. The minimum atomic E-state index is -0.691. The Morgan fingerprint density at radius 1 is 0.919 bits per heavy atom. The van der Waals surface area contributed by atoms with E-state index in [0.717, 1.165) is 28.9 Å². The summed E-state index contributed by atoms with van der Waals surface area (Å²) < 4.78 is 17.2. The average Bonchev–Trinajstić information content (AvgIpc) is 3.28. The van der Waals surface area contributed by atoms with Crippen LogP contribution in [0.1, 0.15) is 42.9 Å². The van der Waals surface area contributed by atoms with E-state index in [0.29, 0.717) is 0 Å². The van der Waals surface area contributed by atoms with E-state index in [9.17, 15) is 9.59 Å². The van der Waals surface area contributed by atoms with Gasteiger partial charge in [0, 0.05) is 18.5 Å². The summed E-state index contributed by atoms with van der Waals surface area (Å²) in [5.41, 5.74) is 2.54. The molecule has 1 fully saturated rings. The number of carbonyl (C=O) groups excluding carboxylic acids is 2. The fraction of sp³-hybridized carbons (Fsp3) is 0.333. The van der Waals surface area contributed by atoms with Crippen LogP contribution in [0.4, 0.5) is 0 Å². The third-order valence-electron chi connectivity index (χ3n) is 6.87. The summed E-state index contributed by atoms with van der Waals surface area (Å²) >= 11 is 0. The lowest BCUT2D eigenvalue weighted by Crippen LogP contribution is -2.53. The molecule has 1 aliphatic heterocycles. The Morgan fingerprint density at radius 3 is 2.03 bits per heavy atom. The Kier molecular flexibility index (Phi) is 8.80. The van der Waals surface area contributed by atoms with Gasteiger partial charge < -0.3 is 19.0 Å². The van der Waals surface area contributed by atoms with Crippen LogP contribution in [0.2, 0.25) is 0 Å². The standard InChI is InChI=1S/C30H34BNO5/c1-21(33)13-18-29(34)36-20-27-26(19-28(31)37-27)32-30(22-9-5-3-6-10-22,23-11-7-4-8-12-23)24-14-16-25(35-2)17-15-24/h3-12,14-17,26-28,32H,13,18-20,31H2,1-2H3/t26-,27+,28+/m0/s1. The lowest BCUT2D eigenvalue weighted by Gasteiger charge is -2.40. The van der Waals surface area contributed by atoms with Gasteiger partial charge in [0.25, 0.3) is 0 Å². The second-order valence-electron chi connectivity index (χ2n) is 9.57. The van der Waals surface area contributed by atoms with Crippen LogP contribution in [0.3, 0.4) is 0 Å². The van der Waals surface area contributed by atoms with E-state index in [1.54, 1.807) is 7.11 Å². The highest BCUT2D eigenvalue weighted by molar-refractivity contribution is 6.11. The smallest absolute Gasteiger partial charge is 0.306 e. The number of ether oxygens (including phenoxy) is 3. The van der Waals surface area contributed by atoms with Crippen molar-refractivity contribution in [2.45, 2.75) is 49.9 Å². The zero-order valence-electron chi connectivity index (χ0n) is 21.7. The molecule has 3 atom stereocenters. The van der Waals surface area contributed by atoms with Crippen molar-refractivity contribution in [1.29, 1.82) is 0 Å². The van der Waals surface area contributed by atoms with Crippen molar-refractivity contribution in [3.8, 4) is 5.75 Å². The number of hydrogen-bond acceptors (Lipinski definition) is 6. The van der Waals surface area contributed by atoms with Crippen molar-refractivity contribution in [2.75, 3.05) is 13.7 Å². The molecule has 6 nitrogen and oxygen atoms in total. The summed E-state index contributed by atoms with van der Waals surface area (Å²) in [5.74, 6) is 0.369. The molecule has 1 saturated heterocycles. The zero-order valence-corrected chi connectivity index (χ0v) is 21.7. The summed E-state index contributed by atoms with van der Waals surface area (Å²) in [7, 11) is 3.70. The van der Waals surface area contributed by atoms with Gasteiger partial charge in [-0.1, -0.05) is 72.8 Å². The van der Waals surface area contributed by atoms with Crippen LogP contribution >= 0.6 is 0 Å². The molecule has 0 spiro atoms. The first-order valence-electron chi connectivity index (χ1n) is 12.8. The number of carbonyl (C=O) groups is 2. The van der Waals surface area contributed by atoms with Crippen molar-refractivity contribution < 1.29 is 23.8 Å². The third-order valence-corrected chi connectivity index (χ3v) is 6.87. The summed E-state index contributed by atoms with van der Waals surface area (Å²) in [5, 5.41) is 3.96. The normalized spacial score (nSPS) is 19.4. The molecular formula is C30H34BNO5. The highest BCUT2D eigenvalue weighted by Crippen LogP contribution is 2.39. The van der Waals surface area contributed by atoms with Gasteiger partial charge in [-0.15, -0.1) is 0 Å². The predicted octanol–water partition coefficient (Wildman–Crippen LogP) is 3.61. The van der Waals surface area contributed by atoms with Gasteiger partial charge in [-0.2, -0.15) is 0 Å². The summed E-state index contributed by atoms with van der Waals surface area (Å²) in [4.78, 5) is 23.5. The maximum atomic E-state index is 12.2. The molecular weight excluding hydrogens is 465 g/mol. The molecule has 3 aromatic rings. The fourth-order valence-corrected chi connectivity index (χ4v) is 5.04. The van der Waals surface area contributed by atoms with Crippen LogP contribution in [0.25, 0.3) is 0 Å². The van der Waals surface area contributed by atoms with Crippen LogP contribution < -0.4 is 10.1 Å². The summed E-state index contributed by atoms with van der Waals surface area (Å²) in [6.07, 6.45) is 0.693. The number of benzene rings is 3.